The summed E-state index contributed by atoms with van der Waals surface area (Å²) < 4.78 is 0. The zero-order valence-electron chi connectivity index (χ0n) is 6.83. The van der Waals surface area contributed by atoms with Crippen LogP contribution in [0.3, 0.4) is 0 Å². The molecule has 1 heterocycles. The highest BCUT2D eigenvalue weighted by Gasteiger charge is 2.07. The highest BCUT2D eigenvalue weighted by molar-refractivity contribution is 7.10. The van der Waals surface area contributed by atoms with E-state index in [1.165, 1.54) is 4.88 Å². The number of hydrogen-bond donors (Lipinski definition) is 0. The van der Waals surface area contributed by atoms with Crippen molar-refractivity contribution in [3.63, 3.8) is 0 Å². The minimum atomic E-state index is 0.164. The molecule has 0 atom stereocenters. The summed E-state index contributed by atoms with van der Waals surface area (Å²) >= 11 is 1.65. The quantitative estimate of drug-likeness (QED) is 0.677. The lowest BCUT2D eigenvalue weighted by atomic mass is 10.1. The molecule has 0 aliphatic carbocycles. The van der Waals surface area contributed by atoms with Crippen LogP contribution in [-0.2, 0) is 11.2 Å². The van der Waals surface area contributed by atoms with E-state index in [0.717, 1.165) is 0 Å². The number of thiophene rings is 1. The van der Waals surface area contributed by atoms with Gasteiger partial charge in [0.2, 0.25) is 0 Å². The van der Waals surface area contributed by atoms with E-state index in [-0.39, 0.29) is 5.92 Å². The fourth-order valence-electron chi connectivity index (χ4n) is 0.789. The third-order valence-electron chi connectivity index (χ3n) is 1.57. The Labute approximate surface area is 71.1 Å². The Morgan fingerprint density at radius 3 is 2.82 bits per heavy atom. The lowest BCUT2D eigenvalue weighted by Gasteiger charge is -2.00. The fraction of sp³-hybridized carbons (Fsp3) is 0.444. The Morgan fingerprint density at radius 1 is 1.64 bits per heavy atom. The van der Waals surface area contributed by atoms with Crippen LogP contribution in [0, 0.1) is 5.92 Å². The average molecular weight is 168 g/mol. The first-order valence-corrected chi connectivity index (χ1v) is 4.63. The van der Waals surface area contributed by atoms with Crippen LogP contribution >= 0.6 is 11.3 Å². The lowest BCUT2D eigenvalue weighted by Crippen LogP contribution is -2.08. The third-order valence-corrected chi connectivity index (χ3v) is 2.45. The van der Waals surface area contributed by atoms with Gasteiger partial charge >= 0.3 is 0 Å². The van der Waals surface area contributed by atoms with Gasteiger partial charge in [-0.2, -0.15) is 0 Å². The summed E-state index contributed by atoms with van der Waals surface area (Å²) in [5.41, 5.74) is 0. The zero-order valence-corrected chi connectivity index (χ0v) is 7.65. The molecule has 0 aliphatic rings. The summed E-state index contributed by atoms with van der Waals surface area (Å²) in [7, 11) is 0. The lowest BCUT2D eigenvalue weighted by molar-refractivity contribution is -0.121. The van der Waals surface area contributed by atoms with E-state index in [2.05, 4.69) is 0 Å². The van der Waals surface area contributed by atoms with Crippen molar-refractivity contribution in [1.82, 2.24) is 0 Å². The maximum absolute atomic E-state index is 11.2. The van der Waals surface area contributed by atoms with Gasteiger partial charge in [-0.1, -0.05) is 19.9 Å². The average Bonchev–Trinajstić information content (AvgIpc) is 2.39. The highest BCUT2D eigenvalue weighted by Crippen LogP contribution is 2.11. The molecule has 0 spiro atoms. The maximum Gasteiger partial charge on any atom is 0.140 e. The van der Waals surface area contributed by atoms with Gasteiger partial charge in [0.1, 0.15) is 5.78 Å². The molecular formula is C9H12OS. The zero-order chi connectivity index (χ0) is 8.27. The Bertz CT molecular complexity index is 224. The summed E-state index contributed by atoms with van der Waals surface area (Å²) in [6.07, 6.45) is 0.606. The van der Waals surface area contributed by atoms with Crippen LogP contribution in [-0.4, -0.2) is 5.78 Å². The predicted molar refractivity (Wildman–Crippen MR) is 47.9 cm³/mol. The van der Waals surface area contributed by atoms with Crippen molar-refractivity contribution in [2.45, 2.75) is 20.3 Å². The van der Waals surface area contributed by atoms with Gasteiger partial charge in [0.25, 0.3) is 0 Å². The van der Waals surface area contributed by atoms with E-state index in [1.54, 1.807) is 11.3 Å². The van der Waals surface area contributed by atoms with Crippen LogP contribution in [0.15, 0.2) is 17.5 Å². The molecule has 60 valence electrons. The second-order valence-corrected chi connectivity index (χ2v) is 3.91. The smallest absolute Gasteiger partial charge is 0.140 e. The molecule has 0 saturated carbocycles. The number of rotatable bonds is 3. The van der Waals surface area contributed by atoms with Crippen LogP contribution in [0.1, 0.15) is 18.7 Å². The second-order valence-electron chi connectivity index (χ2n) is 2.88. The standard InChI is InChI=1S/C9H12OS/c1-7(2)9(10)6-8-4-3-5-11-8/h3-5,7H,6H2,1-2H3. The summed E-state index contributed by atoms with van der Waals surface area (Å²) in [4.78, 5) is 12.4. The van der Waals surface area contributed by atoms with E-state index in [0.29, 0.717) is 12.2 Å². The van der Waals surface area contributed by atoms with E-state index >= 15 is 0 Å². The minimum absolute atomic E-state index is 0.164. The van der Waals surface area contributed by atoms with Crippen molar-refractivity contribution in [3.05, 3.63) is 22.4 Å². The number of carbonyl (C=O) groups is 1. The van der Waals surface area contributed by atoms with E-state index < -0.39 is 0 Å². The van der Waals surface area contributed by atoms with Gasteiger partial charge in [-0.3, -0.25) is 4.79 Å². The van der Waals surface area contributed by atoms with Crippen LogP contribution in [0.5, 0.6) is 0 Å². The van der Waals surface area contributed by atoms with Gasteiger partial charge in [0, 0.05) is 17.2 Å². The van der Waals surface area contributed by atoms with Crippen molar-refractivity contribution in [2.75, 3.05) is 0 Å². The van der Waals surface area contributed by atoms with E-state index in [9.17, 15) is 4.79 Å². The SMILES string of the molecule is CC(C)C(=O)Cc1cccs1. The van der Waals surface area contributed by atoms with Gasteiger partial charge in [0.05, 0.1) is 0 Å². The van der Waals surface area contributed by atoms with E-state index in [4.69, 9.17) is 0 Å². The molecule has 1 rings (SSSR count). The molecule has 1 aromatic heterocycles. The Kier molecular flexibility index (Phi) is 2.83. The van der Waals surface area contributed by atoms with Crippen molar-refractivity contribution >= 4 is 17.1 Å². The maximum atomic E-state index is 11.2. The predicted octanol–water partition coefficient (Wildman–Crippen LogP) is 2.52. The summed E-state index contributed by atoms with van der Waals surface area (Å²) in [6.45, 7) is 3.88. The molecule has 0 unspecified atom stereocenters. The Balaban J connectivity index is 2.50. The number of hydrogen-bond acceptors (Lipinski definition) is 2. The molecule has 0 saturated heterocycles. The van der Waals surface area contributed by atoms with Gasteiger partial charge in [-0.25, -0.2) is 0 Å². The molecule has 1 aromatic rings. The van der Waals surface area contributed by atoms with Crippen LogP contribution in [0.4, 0.5) is 0 Å². The molecule has 0 N–H and O–H groups in total. The van der Waals surface area contributed by atoms with Crippen LogP contribution in [0.25, 0.3) is 0 Å². The normalized spacial score (nSPS) is 10.5. The molecule has 2 heteroatoms. The molecule has 11 heavy (non-hydrogen) atoms. The van der Waals surface area contributed by atoms with Crippen LogP contribution in [0.2, 0.25) is 0 Å². The number of ketones is 1. The number of carbonyl (C=O) groups excluding carboxylic acids is 1. The van der Waals surface area contributed by atoms with E-state index in [1.807, 2.05) is 31.4 Å². The summed E-state index contributed by atoms with van der Waals surface area (Å²) in [5, 5.41) is 2.00. The molecule has 1 nitrogen and oxygen atoms in total. The van der Waals surface area contributed by atoms with Crippen molar-refractivity contribution in [1.29, 1.82) is 0 Å². The molecule has 0 fully saturated rings. The van der Waals surface area contributed by atoms with Crippen molar-refractivity contribution < 1.29 is 4.79 Å². The Morgan fingerprint density at radius 2 is 2.36 bits per heavy atom. The first kappa shape index (κ1) is 8.47. The van der Waals surface area contributed by atoms with Gasteiger partial charge in [0.15, 0.2) is 0 Å². The summed E-state index contributed by atoms with van der Waals surface area (Å²) in [6, 6.07) is 3.98. The second kappa shape index (κ2) is 3.67. The first-order valence-electron chi connectivity index (χ1n) is 3.75. The largest absolute Gasteiger partial charge is 0.299 e. The monoisotopic (exact) mass is 168 g/mol. The summed E-state index contributed by atoms with van der Waals surface area (Å²) in [5.74, 6) is 0.490. The Hall–Kier alpha value is -0.630. The molecule has 0 bridgehead atoms. The van der Waals surface area contributed by atoms with Gasteiger partial charge < -0.3 is 0 Å². The minimum Gasteiger partial charge on any atom is -0.299 e. The van der Waals surface area contributed by atoms with Crippen LogP contribution < -0.4 is 0 Å². The highest BCUT2D eigenvalue weighted by atomic mass is 32.1. The molecule has 0 radical (unpaired) electrons. The van der Waals surface area contributed by atoms with Gasteiger partial charge in [-0.15, -0.1) is 11.3 Å². The third kappa shape index (κ3) is 2.46. The molecule has 0 aliphatic heterocycles. The topological polar surface area (TPSA) is 17.1 Å². The molecular weight excluding hydrogens is 156 g/mol. The molecule has 0 amide bonds. The molecule has 0 aromatic carbocycles. The van der Waals surface area contributed by atoms with Gasteiger partial charge in [-0.05, 0) is 11.4 Å². The van der Waals surface area contributed by atoms with Crippen molar-refractivity contribution in [3.8, 4) is 0 Å². The fourth-order valence-corrected chi connectivity index (χ4v) is 1.50. The first-order chi connectivity index (χ1) is 5.20. The number of Topliss-reactive ketones (excluding diaryl/α,β-unsaturated/α-hetero) is 1. The van der Waals surface area contributed by atoms with Crippen molar-refractivity contribution in [2.24, 2.45) is 5.92 Å².